The fourth-order valence-corrected chi connectivity index (χ4v) is 2.90. The van der Waals surface area contributed by atoms with Gasteiger partial charge in [0.25, 0.3) is 5.91 Å². The first-order chi connectivity index (χ1) is 9.72. The van der Waals surface area contributed by atoms with Crippen LogP contribution >= 0.6 is 0 Å². The summed E-state index contributed by atoms with van der Waals surface area (Å²) in [5.41, 5.74) is 3.96. The molecule has 1 fully saturated rings. The maximum Gasteiger partial charge on any atom is 0.265 e. The lowest BCUT2D eigenvalue weighted by Crippen LogP contribution is -2.38. The van der Waals surface area contributed by atoms with Gasteiger partial charge in [-0.05, 0) is 56.6 Å². The van der Waals surface area contributed by atoms with Crippen LogP contribution in [0.1, 0.15) is 28.8 Å². The maximum atomic E-state index is 11.5. The second-order valence-electron chi connectivity index (χ2n) is 5.47. The normalized spacial score (nSPS) is 19.8. The molecule has 1 saturated heterocycles. The number of amides is 1. The van der Waals surface area contributed by atoms with E-state index in [1.807, 2.05) is 19.2 Å². The number of nitrogens with one attached hydrogen (secondary N) is 2. The zero-order valence-electron chi connectivity index (χ0n) is 12.1. The molecule has 2 rings (SSSR count). The van der Waals surface area contributed by atoms with Crippen molar-refractivity contribution in [2.24, 2.45) is 11.8 Å². The van der Waals surface area contributed by atoms with Gasteiger partial charge in [-0.15, -0.1) is 0 Å². The summed E-state index contributed by atoms with van der Waals surface area (Å²) in [7, 11) is 2.01. The minimum Gasteiger partial charge on any atom is -0.319 e. The van der Waals surface area contributed by atoms with Gasteiger partial charge in [0.05, 0.1) is 0 Å². The number of hydrogen-bond donors (Lipinski definition) is 3. The molecule has 20 heavy (non-hydrogen) atoms. The van der Waals surface area contributed by atoms with E-state index in [1.165, 1.54) is 12.8 Å². The monoisotopic (exact) mass is 276 g/mol. The predicted octanol–water partition coefficient (Wildman–Crippen LogP) is 0.722. The lowest BCUT2D eigenvalue weighted by Gasteiger charge is -2.32. The molecule has 0 aliphatic carbocycles. The summed E-state index contributed by atoms with van der Waals surface area (Å²) in [5, 5.41) is 3.26. The average Bonchev–Trinajstić information content (AvgIpc) is 2.47. The van der Waals surface area contributed by atoms with E-state index in [0.29, 0.717) is 5.56 Å². The van der Waals surface area contributed by atoms with Crippen molar-refractivity contribution in [2.75, 3.05) is 26.7 Å². The Labute approximate surface area is 120 Å². The third kappa shape index (κ3) is 4.03. The molecule has 1 aliphatic rings. The number of nitrogen functional groups attached to an aromatic ring is 1. The van der Waals surface area contributed by atoms with Crippen molar-refractivity contribution in [1.82, 2.24) is 15.6 Å². The highest BCUT2D eigenvalue weighted by Crippen LogP contribution is 2.18. The van der Waals surface area contributed by atoms with Crippen molar-refractivity contribution in [1.29, 1.82) is 0 Å². The number of carbonyl (C=O) groups is 1. The molecule has 1 atom stereocenters. The third-order valence-corrected chi connectivity index (χ3v) is 3.82. The van der Waals surface area contributed by atoms with Gasteiger partial charge in [0.2, 0.25) is 0 Å². The van der Waals surface area contributed by atoms with E-state index in [4.69, 9.17) is 5.84 Å². The van der Waals surface area contributed by atoms with Crippen molar-refractivity contribution in [3.8, 4) is 0 Å². The molecular formula is C15H24N4O. The van der Waals surface area contributed by atoms with Gasteiger partial charge in [0.15, 0.2) is 0 Å². The van der Waals surface area contributed by atoms with E-state index >= 15 is 0 Å². The topological polar surface area (TPSA) is 70.4 Å². The molecule has 110 valence electrons. The summed E-state index contributed by atoms with van der Waals surface area (Å²) in [6.07, 6.45) is 2.54. The molecule has 5 heteroatoms. The average molecular weight is 276 g/mol. The zero-order chi connectivity index (χ0) is 14.4. The van der Waals surface area contributed by atoms with E-state index in [1.54, 1.807) is 6.07 Å². The van der Waals surface area contributed by atoms with Gasteiger partial charge in [-0.25, -0.2) is 5.84 Å². The Morgan fingerprint density at radius 2 is 2.35 bits per heavy atom. The van der Waals surface area contributed by atoms with Crippen molar-refractivity contribution in [2.45, 2.75) is 19.4 Å². The molecule has 5 nitrogen and oxygen atoms in total. The van der Waals surface area contributed by atoms with Gasteiger partial charge >= 0.3 is 0 Å². The van der Waals surface area contributed by atoms with Gasteiger partial charge in [0, 0.05) is 18.7 Å². The van der Waals surface area contributed by atoms with Crippen LogP contribution < -0.4 is 16.6 Å². The quantitative estimate of drug-likeness (QED) is 0.421. The molecule has 1 aliphatic heterocycles. The first-order valence-corrected chi connectivity index (χ1v) is 7.19. The van der Waals surface area contributed by atoms with Gasteiger partial charge in [-0.2, -0.15) is 0 Å². The number of hydrogen-bond acceptors (Lipinski definition) is 4. The van der Waals surface area contributed by atoms with Crippen molar-refractivity contribution >= 4 is 5.91 Å². The molecule has 4 N–H and O–H groups in total. The zero-order valence-corrected chi connectivity index (χ0v) is 12.1. The Balaban J connectivity index is 1.97. The number of likely N-dealkylation sites (tertiary alicyclic amines) is 1. The van der Waals surface area contributed by atoms with Gasteiger partial charge in [0.1, 0.15) is 0 Å². The largest absolute Gasteiger partial charge is 0.319 e. The standard InChI is InChI=1S/C15H24N4O/c1-17-9-13-5-3-7-19(11-13)10-12-4-2-6-14(8-12)15(20)18-16/h2,4,6,8,13,17H,3,5,7,9-11,16H2,1H3,(H,18,20). The summed E-state index contributed by atoms with van der Waals surface area (Å²) in [5.74, 6) is 5.66. The summed E-state index contributed by atoms with van der Waals surface area (Å²) in [6.45, 7) is 4.22. The Bertz CT molecular complexity index is 447. The molecule has 0 spiro atoms. The van der Waals surface area contributed by atoms with Crippen LogP contribution in [0, 0.1) is 5.92 Å². The minimum absolute atomic E-state index is 0.237. The summed E-state index contributed by atoms with van der Waals surface area (Å²) >= 11 is 0. The minimum atomic E-state index is -0.237. The van der Waals surface area contributed by atoms with E-state index in [0.717, 1.165) is 37.7 Å². The van der Waals surface area contributed by atoms with Crippen LogP contribution in [0.4, 0.5) is 0 Å². The predicted molar refractivity (Wildman–Crippen MR) is 80.0 cm³/mol. The number of carbonyl (C=O) groups excluding carboxylic acids is 1. The molecule has 1 aromatic rings. The van der Waals surface area contributed by atoms with E-state index < -0.39 is 0 Å². The lowest BCUT2D eigenvalue weighted by molar-refractivity contribution is 0.0953. The second-order valence-corrected chi connectivity index (χ2v) is 5.47. The highest BCUT2D eigenvalue weighted by molar-refractivity contribution is 5.93. The van der Waals surface area contributed by atoms with E-state index in [-0.39, 0.29) is 5.91 Å². The number of nitrogens with two attached hydrogens (primary N) is 1. The van der Waals surface area contributed by atoms with Crippen LogP contribution in [0.5, 0.6) is 0 Å². The van der Waals surface area contributed by atoms with Gasteiger partial charge < -0.3 is 5.32 Å². The van der Waals surface area contributed by atoms with Crippen LogP contribution in [0.2, 0.25) is 0 Å². The first-order valence-electron chi connectivity index (χ1n) is 7.19. The number of nitrogens with zero attached hydrogens (tertiary/aromatic N) is 1. The highest BCUT2D eigenvalue weighted by Gasteiger charge is 2.19. The Morgan fingerprint density at radius 3 is 3.10 bits per heavy atom. The van der Waals surface area contributed by atoms with E-state index in [2.05, 4.69) is 21.7 Å². The second kappa shape index (κ2) is 7.38. The van der Waals surface area contributed by atoms with Crippen molar-refractivity contribution in [3.05, 3.63) is 35.4 Å². The van der Waals surface area contributed by atoms with Crippen molar-refractivity contribution in [3.63, 3.8) is 0 Å². The molecule has 1 aromatic carbocycles. The summed E-state index contributed by atoms with van der Waals surface area (Å²) in [6, 6.07) is 7.68. The fourth-order valence-electron chi connectivity index (χ4n) is 2.90. The van der Waals surface area contributed by atoms with Crippen LogP contribution in [-0.4, -0.2) is 37.5 Å². The Kier molecular flexibility index (Phi) is 5.52. The van der Waals surface area contributed by atoms with Crippen LogP contribution in [-0.2, 0) is 6.54 Å². The molecule has 0 saturated carbocycles. The summed E-state index contributed by atoms with van der Waals surface area (Å²) in [4.78, 5) is 14.0. The number of rotatable bonds is 5. The molecule has 1 amide bonds. The molecule has 0 radical (unpaired) electrons. The Morgan fingerprint density at radius 1 is 1.50 bits per heavy atom. The first kappa shape index (κ1) is 15.0. The summed E-state index contributed by atoms with van der Waals surface area (Å²) < 4.78 is 0. The number of hydrazine groups is 1. The van der Waals surface area contributed by atoms with Crippen molar-refractivity contribution < 1.29 is 4.79 Å². The fraction of sp³-hybridized carbons (Fsp3) is 0.533. The smallest absolute Gasteiger partial charge is 0.265 e. The van der Waals surface area contributed by atoms with Crippen LogP contribution in [0.25, 0.3) is 0 Å². The molecule has 1 heterocycles. The molecule has 0 aromatic heterocycles. The van der Waals surface area contributed by atoms with Gasteiger partial charge in [-0.3, -0.25) is 15.1 Å². The van der Waals surface area contributed by atoms with Crippen LogP contribution in [0.3, 0.4) is 0 Å². The highest BCUT2D eigenvalue weighted by atomic mass is 16.2. The van der Waals surface area contributed by atoms with Gasteiger partial charge in [-0.1, -0.05) is 12.1 Å². The maximum absolute atomic E-state index is 11.5. The number of piperidine rings is 1. The molecule has 1 unspecified atom stereocenters. The number of benzene rings is 1. The lowest BCUT2D eigenvalue weighted by atomic mass is 9.97. The Hall–Kier alpha value is -1.43. The van der Waals surface area contributed by atoms with Crippen LogP contribution in [0.15, 0.2) is 24.3 Å². The third-order valence-electron chi connectivity index (χ3n) is 3.82. The molecular weight excluding hydrogens is 252 g/mol. The SMILES string of the molecule is CNCC1CCCN(Cc2cccc(C(=O)NN)c2)C1. The van der Waals surface area contributed by atoms with E-state index in [9.17, 15) is 4.79 Å². The molecule has 0 bridgehead atoms.